The zero-order valence-corrected chi connectivity index (χ0v) is 15.9. The van der Waals surface area contributed by atoms with Crippen molar-refractivity contribution in [3.8, 4) is 17.2 Å². The van der Waals surface area contributed by atoms with Gasteiger partial charge in [-0.2, -0.15) is 0 Å². The number of halogens is 2. The molecule has 0 radical (unpaired) electrons. The lowest BCUT2D eigenvalue weighted by Crippen LogP contribution is -2.35. The molecule has 8 heteroatoms. The van der Waals surface area contributed by atoms with Crippen LogP contribution in [0.1, 0.15) is 10.4 Å². The highest BCUT2D eigenvalue weighted by Gasteiger charge is 2.16. The van der Waals surface area contributed by atoms with Crippen molar-refractivity contribution in [1.29, 1.82) is 0 Å². The Labute approximate surface area is 159 Å². The quantitative estimate of drug-likeness (QED) is 0.677. The Morgan fingerprint density at radius 2 is 1.88 bits per heavy atom. The third kappa shape index (κ3) is 5.09. The molecule has 0 aliphatic rings. The smallest absolute Gasteiger partial charge is 0.254 e. The lowest BCUT2D eigenvalue weighted by Gasteiger charge is -2.17. The Balaban J connectivity index is 1.93. The summed E-state index contributed by atoms with van der Waals surface area (Å²) in [5.74, 6) is -0.0117. The molecule has 0 spiro atoms. The summed E-state index contributed by atoms with van der Waals surface area (Å²) in [4.78, 5) is 12.0. The van der Waals surface area contributed by atoms with Crippen LogP contribution < -0.4 is 19.5 Å². The van der Waals surface area contributed by atoms with Crippen molar-refractivity contribution in [3.63, 3.8) is 0 Å². The van der Waals surface area contributed by atoms with Crippen molar-refractivity contribution >= 4 is 21.8 Å². The van der Waals surface area contributed by atoms with E-state index in [2.05, 4.69) is 21.2 Å². The molecule has 2 N–H and O–H groups in total. The fourth-order valence-electron chi connectivity index (χ4n) is 2.18. The van der Waals surface area contributed by atoms with E-state index >= 15 is 0 Å². The Morgan fingerprint density at radius 1 is 1.23 bits per heavy atom. The number of benzene rings is 2. The van der Waals surface area contributed by atoms with Crippen LogP contribution in [0.2, 0.25) is 0 Å². The summed E-state index contributed by atoms with van der Waals surface area (Å²) in [5.41, 5.74) is -0.112. The molecule has 0 saturated heterocycles. The molecule has 26 heavy (non-hydrogen) atoms. The van der Waals surface area contributed by atoms with Gasteiger partial charge in [-0.15, -0.1) is 0 Å². The lowest BCUT2D eigenvalue weighted by molar-refractivity contribution is 0.0830. The first-order valence-electron chi connectivity index (χ1n) is 7.71. The number of hydrogen-bond acceptors (Lipinski definition) is 5. The first kappa shape index (κ1) is 20.0. The maximum Gasteiger partial charge on any atom is 0.254 e. The number of aliphatic hydroxyl groups is 1. The van der Waals surface area contributed by atoms with Gasteiger partial charge in [0.05, 0.1) is 19.8 Å². The highest BCUT2D eigenvalue weighted by atomic mass is 79.9. The van der Waals surface area contributed by atoms with Gasteiger partial charge in [0.1, 0.15) is 18.5 Å². The fraction of sp³-hybridized carbons (Fsp3) is 0.278. The molecule has 0 aromatic heterocycles. The number of aliphatic hydroxyl groups excluding tert-OH is 1. The summed E-state index contributed by atoms with van der Waals surface area (Å²) in [6, 6.07) is 9.19. The topological polar surface area (TPSA) is 77.0 Å². The number of carbonyl (C=O) groups is 1. The number of rotatable bonds is 8. The molecule has 6 nitrogen and oxygen atoms in total. The van der Waals surface area contributed by atoms with Crippen LogP contribution >= 0.6 is 15.9 Å². The molecule has 0 aliphatic heterocycles. The molecule has 0 aliphatic carbocycles. The summed E-state index contributed by atoms with van der Waals surface area (Å²) >= 11 is 3.18. The number of carbonyl (C=O) groups excluding carboxylic acids is 1. The summed E-state index contributed by atoms with van der Waals surface area (Å²) in [6.45, 7) is -0.222. The van der Waals surface area contributed by atoms with Gasteiger partial charge in [-0.3, -0.25) is 4.79 Å². The molecular weight excluding hydrogens is 409 g/mol. The van der Waals surface area contributed by atoms with Crippen LogP contribution in [0.3, 0.4) is 0 Å². The Kier molecular flexibility index (Phi) is 7.23. The first-order chi connectivity index (χ1) is 12.5. The van der Waals surface area contributed by atoms with Crippen LogP contribution in [-0.4, -0.2) is 44.5 Å². The van der Waals surface area contributed by atoms with E-state index in [1.807, 2.05) is 0 Å². The molecule has 1 amide bonds. The van der Waals surface area contributed by atoms with Crippen LogP contribution in [0, 0.1) is 5.82 Å². The monoisotopic (exact) mass is 427 g/mol. The van der Waals surface area contributed by atoms with E-state index in [0.29, 0.717) is 21.7 Å². The molecule has 2 rings (SSSR count). The molecule has 0 bridgehead atoms. The highest BCUT2D eigenvalue weighted by molar-refractivity contribution is 9.10. The molecule has 0 saturated carbocycles. The molecule has 0 heterocycles. The first-order valence-corrected chi connectivity index (χ1v) is 8.50. The van der Waals surface area contributed by atoms with Crippen LogP contribution in [0.15, 0.2) is 40.9 Å². The second kappa shape index (κ2) is 9.40. The molecule has 1 unspecified atom stereocenters. The van der Waals surface area contributed by atoms with Crippen molar-refractivity contribution in [2.75, 3.05) is 27.4 Å². The summed E-state index contributed by atoms with van der Waals surface area (Å²) in [6.07, 6.45) is -1.01. The minimum Gasteiger partial charge on any atom is -0.493 e. The van der Waals surface area contributed by atoms with Crippen molar-refractivity contribution in [2.24, 2.45) is 0 Å². The molecule has 0 fully saturated rings. The van der Waals surface area contributed by atoms with Gasteiger partial charge in [0.25, 0.3) is 5.91 Å². The molecule has 2 aromatic carbocycles. The van der Waals surface area contributed by atoms with Crippen molar-refractivity contribution in [3.05, 3.63) is 52.3 Å². The Hall–Kier alpha value is -2.32. The van der Waals surface area contributed by atoms with E-state index < -0.39 is 17.8 Å². The van der Waals surface area contributed by atoms with Gasteiger partial charge in [-0.05, 0) is 30.3 Å². The maximum absolute atomic E-state index is 13.7. The fourth-order valence-corrected chi connectivity index (χ4v) is 2.54. The molecular formula is C18H19BrFNO5. The largest absolute Gasteiger partial charge is 0.493 e. The van der Waals surface area contributed by atoms with Crippen LogP contribution in [0.4, 0.5) is 4.39 Å². The van der Waals surface area contributed by atoms with Gasteiger partial charge < -0.3 is 24.6 Å². The summed E-state index contributed by atoms with van der Waals surface area (Å²) < 4.78 is 30.2. The number of para-hydroxylation sites is 1. The Bertz CT molecular complexity index is 749. The number of nitrogens with one attached hydrogen (secondary N) is 1. The van der Waals surface area contributed by atoms with Gasteiger partial charge in [0, 0.05) is 11.0 Å². The van der Waals surface area contributed by atoms with Gasteiger partial charge >= 0.3 is 0 Å². The number of amides is 1. The molecule has 2 aromatic rings. The normalized spacial score (nSPS) is 11.6. The van der Waals surface area contributed by atoms with Crippen LogP contribution in [0.25, 0.3) is 0 Å². The third-order valence-electron chi connectivity index (χ3n) is 3.47. The van der Waals surface area contributed by atoms with E-state index in [4.69, 9.17) is 14.2 Å². The van der Waals surface area contributed by atoms with Gasteiger partial charge in [0.2, 0.25) is 5.75 Å². The minimum absolute atomic E-state index is 0.109. The zero-order chi connectivity index (χ0) is 19.1. The standard InChI is InChI=1S/C18H19BrFNO5/c1-24-15-4-3-5-16(25-2)17(15)26-10-12(22)9-21-18(23)13-8-11(19)6-7-14(13)20/h3-8,12,22H,9-10H2,1-2H3,(H,21,23). The van der Waals surface area contributed by atoms with Crippen molar-refractivity contribution in [1.82, 2.24) is 5.32 Å². The Morgan fingerprint density at radius 3 is 2.50 bits per heavy atom. The van der Waals surface area contributed by atoms with Crippen molar-refractivity contribution in [2.45, 2.75) is 6.10 Å². The van der Waals surface area contributed by atoms with Gasteiger partial charge in [-0.25, -0.2) is 4.39 Å². The lowest BCUT2D eigenvalue weighted by atomic mass is 10.2. The van der Waals surface area contributed by atoms with Gasteiger partial charge in [0.15, 0.2) is 11.5 Å². The van der Waals surface area contributed by atoms with E-state index in [9.17, 15) is 14.3 Å². The minimum atomic E-state index is -1.01. The number of ether oxygens (including phenoxy) is 3. The highest BCUT2D eigenvalue weighted by Crippen LogP contribution is 2.36. The maximum atomic E-state index is 13.7. The SMILES string of the molecule is COc1cccc(OC)c1OCC(O)CNC(=O)c1cc(Br)ccc1F. The van der Waals surface area contributed by atoms with Crippen LogP contribution in [-0.2, 0) is 0 Å². The third-order valence-corrected chi connectivity index (χ3v) is 3.97. The second-order valence-electron chi connectivity index (χ2n) is 5.29. The zero-order valence-electron chi connectivity index (χ0n) is 14.3. The van der Waals surface area contributed by atoms with E-state index in [-0.39, 0.29) is 18.7 Å². The predicted octanol–water partition coefficient (Wildman–Crippen LogP) is 2.78. The molecule has 140 valence electrons. The average Bonchev–Trinajstić information content (AvgIpc) is 2.65. The predicted molar refractivity (Wildman–Crippen MR) is 97.5 cm³/mol. The number of hydrogen-bond donors (Lipinski definition) is 2. The molecule has 1 atom stereocenters. The summed E-state index contributed by atoms with van der Waals surface area (Å²) in [5, 5.41) is 12.5. The average molecular weight is 428 g/mol. The van der Waals surface area contributed by atoms with E-state index in [0.717, 1.165) is 0 Å². The van der Waals surface area contributed by atoms with Crippen molar-refractivity contribution < 1.29 is 28.5 Å². The number of methoxy groups -OCH3 is 2. The second-order valence-corrected chi connectivity index (χ2v) is 6.21. The van der Waals surface area contributed by atoms with E-state index in [1.54, 1.807) is 18.2 Å². The van der Waals surface area contributed by atoms with E-state index in [1.165, 1.54) is 32.4 Å². The van der Waals surface area contributed by atoms with Crippen LogP contribution in [0.5, 0.6) is 17.2 Å². The van der Waals surface area contributed by atoms with Gasteiger partial charge in [-0.1, -0.05) is 22.0 Å². The summed E-state index contributed by atoms with van der Waals surface area (Å²) in [7, 11) is 2.98.